The molecule has 0 radical (unpaired) electrons. The molecule has 3 rings (SSSR count). The van der Waals surface area contributed by atoms with Crippen LogP contribution in [-0.4, -0.2) is 56.6 Å². The molecule has 1 N–H and O–H groups in total. The number of carbonyl (C=O) groups excluding carboxylic acids is 1. The summed E-state index contributed by atoms with van der Waals surface area (Å²) in [5, 5.41) is 14.3. The number of likely N-dealkylation sites (tertiary alicyclic amines) is 1. The Labute approximate surface area is 145 Å². The van der Waals surface area contributed by atoms with Gasteiger partial charge in [0.05, 0.1) is 24.4 Å². The number of aliphatic hydroxyl groups is 1. The van der Waals surface area contributed by atoms with E-state index in [-0.39, 0.29) is 18.4 Å². The first-order valence-corrected chi connectivity index (χ1v) is 9.38. The number of nitrogens with zero attached hydrogens (tertiary/aromatic N) is 4. The molecule has 128 valence electrons. The van der Waals surface area contributed by atoms with Gasteiger partial charge < -0.3 is 10.0 Å². The molecule has 1 unspecified atom stereocenters. The minimum atomic E-state index is 0.0481. The molecule has 2 aromatic heterocycles. The van der Waals surface area contributed by atoms with E-state index in [1.807, 2.05) is 35.6 Å². The number of aliphatic hydroxyl groups excluding tert-OH is 1. The fourth-order valence-corrected chi connectivity index (χ4v) is 3.65. The van der Waals surface area contributed by atoms with Gasteiger partial charge in [0.25, 0.3) is 5.91 Å². The molecular formula is C17H22N4O2S. The molecule has 1 amide bonds. The van der Waals surface area contributed by atoms with Crippen LogP contribution in [0.3, 0.4) is 0 Å². The lowest BCUT2D eigenvalue weighted by molar-refractivity contribution is 0.0701. The van der Waals surface area contributed by atoms with Crippen molar-refractivity contribution in [3.63, 3.8) is 0 Å². The molecule has 7 heteroatoms. The summed E-state index contributed by atoms with van der Waals surface area (Å²) in [6, 6.07) is 5.65. The lowest BCUT2D eigenvalue weighted by Gasteiger charge is -2.32. The van der Waals surface area contributed by atoms with Crippen molar-refractivity contribution >= 4 is 17.7 Å². The molecule has 3 heterocycles. The van der Waals surface area contributed by atoms with Crippen LogP contribution in [0.25, 0.3) is 0 Å². The molecule has 1 atom stereocenters. The van der Waals surface area contributed by atoms with Crippen LogP contribution < -0.4 is 0 Å². The van der Waals surface area contributed by atoms with E-state index in [0.717, 1.165) is 30.1 Å². The molecule has 0 spiro atoms. The summed E-state index contributed by atoms with van der Waals surface area (Å²) >= 11 is 1.50. The van der Waals surface area contributed by atoms with Crippen LogP contribution in [-0.2, 0) is 6.54 Å². The third-order valence-corrected chi connectivity index (χ3v) is 5.02. The fraction of sp³-hybridized carbons (Fsp3) is 0.471. The standard InChI is InChI=1S/C17H22N4O2S/c1-24-16-14(5-2-7-18-16)17(23)20-8-3-4-13(12-20)15-6-9-21(19-15)10-11-22/h2,5-7,9,13,22H,3-4,8,10-12H2,1H3. The predicted octanol–water partition coefficient (Wildman–Crippen LogP) is 2.01. The van der Waals surface area contributed by atoms with E-state index in [1.165, 1.54) is 11.8 Å². The van der Waals surface area contributed by atoms with Gasteiger partial charge in [0.1, 0.15) is 5.03 Å². The number of piperidine rings is 1. The average molecular weight is 346 g/mol. The normalized spacial score (nSPS) is 17.9. The van der Waals surface area contributed by atoms with Crippen LogP contribution in [0.1, 0.15) is 34.8 Å². The number of aromatic nitrogens is 3. The first-order chi connectivity index (χ1) is 11.7. The summed E-state index contributed by atoms with van der Waals surface area (Å²) in [7, 11) is 0. The van der Waals surface area contributed by atoms with E-state index in [0.29, 0.717) is 18.7 Å². The third-order valence-electron chi connectivity index (χ3n) is 4.31. The zero-order chi connectivity index (χ0) is 16.9. The van der Waals surface area contributed by atoms with Gasteiger partial charge in [-0.3, -0.25) is 9.48 Å². The minimum absolute atomic E-state index is 0.0481. The number of hydrogen-bond acceptors (Lipinski definition) is 5. The van der Waals surface area contributed by atoms with Gasteiger partial charge in [0, 0.05) is 31.4 Å². The van der Waals surface area contributed by atoms with E-state index in [4.69, 9.17) is 5.11 Å². The summed E-state index contributed by atoms with van der Waals surface area (Å²) in [4.78, 5) is 19.1. The van der Waals surface area contributed by atoms with Crippen LogP contribution in [0.5, 0.6) is 0 Å². The molecule has 1 aliphatic heterocycles. The Bertz CT molecular complexity index is 703. The number of thioether (sulfide) groups is 1. The molecule has 1 fully saturated rings. The van der Waals surface area contributed by atoms with Crippen molar-refractivity contribution < 1.29 is 9.90 Å². The van der Waals surface area contributed by atoms with Gasteiger partial charge in [-0.1, -0.05) is 0 Å². The van der Waals surface area contributed by atoms with Gasteiger partial charge in [-0.25, -0.2) is 4.98 Å². The maximum absolute atomic E-state index is 12.9. The largest absolute Gasteiger partial charge is 0.394 e. The minimum Gasteiger partial charge on any atom is -0.394 e. The van der Waals surface area contributed by atoms with E-state index >= 15 is 0 Å². The van der Waals surface area contributed by atoms with Crippen molar-refractivity contribution in [3.05, 3.63) is 41.9 Å². The van der Waals surface area contributed by atoms with Crippen LogP contribution in [0.15, 0.2) is 35.6 Å². The highest BCUT2D eigenvalue weighted by atomic mass is 32.2. The monoisotopic (exact) mass is 346 g/mol. The Hall–Kier alpha value is -1.86. The summed E-state index contributed by atoms with van der Waals surface area (Å²) in [6.45, 7) is 2.03. The third kappa shape index (κ3) is 3.62. The number of hydrogen-bond donors (Lipinski definition) is 1. The van der Waals surface area contributed by atoms with Crippen molar-refractivity contribution in [2.75, 3.05) is 26.0 Å². The second-order valence-electron chi connectivity index (χ2n) is 5.88. The molecule has 0 aromatic carbocycles. The molecule has 1 aliphatic rings. The first kappa shape index (κ1) is 17.0. The Balaban J connectivity index is 1.73. The van der Waals surface area contributed by atoms with Gasteiger partial charge in [-0.2, -0.15) is 5.10 Å². The average Bonchev–Trinajstić information content (AvgIpc) is 3.10. The van der Waals surface area contributed by atoms with Crippen molar-refractivity contribution in [1.82, 2.24) is 19.7 Å². The highest BCUT2D eigenvalue weighted by molar-refractivity contribution is 7.98. The predicted molar refractivity (Wildman–Crippen MR) is 93.2 cm³/mol. The molecule has 0 bridgehead atoms. The number of carbonyl (C=O) groups is 1. The lowest BCUT2D eigenvalue weighted by atomic mass is 9.94. The van der Waals surface area contributed by atoms with Gasteiger partial charge in [0.2, 0.25) is 0 Å². The van der Waals surface area contributed by atoms with E-state index < -0.39 is 0 Å². The van der Waals surface area contributed by atoms with Crippen molar-refractivity contribution in [2.24, 2.45) is 0 Å². The van der Waals surface area contributed by atoms with Crippen LogP contribution >= 0.6 is 11.8 Å². The Morgan fingerprint density at radius 2 is 2.33 bits per heavy atom. The van der Waals surface area contributed by atoms with Gasteiger partial charge in [-0.05, 0) is 37.3 Å². The quantitative estimate of drug-likeness (QED) is 0.839. The molecule has 24 heavy (non-hydrogen) atoms. The Kier molecular flexibility index (Phi) is 5.52. The molecule has 0 saturated carbocycles. The van der Waals surface area contributed by atoms with Crippen molar-refractivity contribution in [3.8, 4) is 0 Å². The van der Waals surface area contributed by atoms with Crippen LogP contribution in [0, 0.1) is 0 Å². The van der Waals surface area contributed by atoms with Crippen molar-refractivity contribution in [1.29, 1.82) is 0 Å². The van der Waals surface area contributed by atoms with Gasteiger partial charge in [-0.15, -0.1) is 11.8 Å². The molecular weight excluding hydrogens is 324 g/mol. The highest BCUT2D eigenvalue weighted by Crippen LogP contribution is 2.28. The summed E-state index contributed by atoms with van der Waals surface area (Å²) < 4.78 is 1.75. The fourth-order valence-electron chi connectivity index (χ4n) is 3.11. The van der Waals surface area contributed by atoms with E-state index in [2.05, 4.69) is 10.1 Å². The zero-order valence-corrected chi connectivity index (χ0v) is 14.6. The molecule has 2 aromatic rings. The topological polar surface area (TPSA) is 71.2 Å². The molecule has 6 nitrogen and oxygen atoms in total. The lowest BCUT2D eigenvalue weighted by Crippen LogP contribution is -2.39. The Morgan fingerprint density at radius 3 is 3.12 bits per heavy atom. The number of pyridine rings is 1. The SMILES string of the molecule is CSc1ncccc1C(=O)N1CCCC(c2ccn(CCO)n2)C1. The maximum Gasteiger partial charge on any atom is 0.256 e. The number of rotatable bonds is 5. The summed E-state index contributed by atoms with van der Waals surface area (Å²) in [5.41, 5.74) is 1.67. The van der Waals surface area contributed by atoms with Crippen LogP contribution in [0.4, 0.5) is 0 Å². The second kappa shape index (κ2) is 7.81. The van der Waals surface area contributed by atoms with Gasteiger partial charge >= 0.3 is 0 Å². The van der Waals surface area contributed by atoms with E-state index in [9.17, 15) is 4.79 Å². The van der Waals surface area contributed by atoms with E-state index in [1.54, 1.807) is 10.9 Å². The summed E-state index contributed by atoms with van der Waals surface area (Å²) in [6.07, 6.45) is 7.54. The molecule has 0 aliphatic carbocycles. The van der Waals surface area contributed by atoms with Gasteiger partial charge in [0.15, 0.2) is 0 Å². The zero-order valence-electron chi connectivity index (χ0n) is 13.8. The summed E-state index contributed by atoms with van der Waals surface area (Å²) in [5.74, 6) is 0.295. The van der Waals surface area contributed by atoms with Crippen LogP contribution in [0.2, 0.25) is 0 Å². The smallest absolute Gasteiger partial charge is 0.256 e. The Morgan fingerprint density at radius 1 is 1.46 bits per heavy atom. The number of amides is 1. The second-order valence-corrected chi connectivity index (χ2v) is 6.67. The molecule has 1 saturated heterocycles. The first-order valence-electron chi connectivity index (χ1n) is 8.15. The maximum atomic E-state index is 12.9. The highest BCUT2D eigenvalue weighted by Gasteiger charge is 2.28. The van der Waals surface area contributed by atoms with Crippen molar-refractivity contribution in [2.45, 2.75) is 30.3 Å².